The summed E-state index contributed by atoms with van der Waals surface area (Å²) in [4.78, 5) is 7.90. The smallest absolute Gasteiger partial charge is 0.131 e. The van der Waals surface area contributed by atoms with Crippen LogP contribution in [-0.4, -0.2) is 34.6 Å². The fraction of sp³-hybridized carbons (Fsp3) is 0.104. The van der Waals surface area contributed by atoms with Crippen LogP contribution in [0.2, 0.25) is 0 Å². The third-order valence-corrected chi connectivity index (χ3v) is 11.4. The Morgan fingerprint density at radius 1 is 0.547 bits per heavy atom. The van der Waals surface area contributed by atoms with Crippen molar-refractivity contribution in [3.05, 3.63) is 193 Å². The summed E-state index contributed by atoms with van der Waals surface area (Å²) in [5.41, 5.74) is 10.7. The highest BCUT2D eigenvalue weighted by Crippen LogP contribution is 2.51. The minimum Gasteiger partial charge on any atom is -0.351 e. The Morgan fingerprint density at radius 2 is 1.15 bits per heavy atom. The van der Waals surface area contributed by atoms with Gasteiger partial charge in [-0.05, 0) is 62.4 Å². The highest BCUT2D eigenvalue weighted by Gasteiger charge is 2.58. The van der Waals surface area contributed by atoms with Gasteiger partial charge in [0.2, 0.25) is 0 Å². The van der Waals surface area contributed by atoms with Crippen molar-refractivity contribution in [2.24, 2.45) is 4.99 Å². The predicted molar refractivity (Wildman–Crippen MR) is 218 cm³/mol. The lowest BCUT2D eigenvalue weighted by Gasteiger charge is -2.33. The molecule has 5 heteroatoms. The van der Waals surface area contributed by atoms with Gasteiger partial charge >= 0.3 is 0 Å². The van der Waals surface area contributed by atoms with Gasteiger partial charge in [0, 0.05) is 29.4 Å². The summed E-state index contributed by atoms with van der Waals surface area (Å²) >= 11 is 0. The molecule has 4 unspecified atom stereocenters. The average molecular weight is 684 g/mol. The van der Waals surface area contributed by atoms with Crippen molar-refractivity contribution in [3.63, 3.8) is 0 Å². The Labute approximate surface area is 308 Å². The van der Waals surface area contributed by atoms with E-state index in [4.69, 9.17) is 4.99 Å². The number of aliphatic imine (C=N–C) groups is 1. The maximum atomic E-state index is 5.31. The summed E-state index contributed by atoms with van der Waals surface area (Å²) in [6.45, 7) is 1.88. The monoisotopic (exact) mass is 683 g/mol. The second-order valence-corrected chi connectivity index (χ2v) is 14.5. The van der Waals surface area contributed by atoms with Gasteiger partial charge in [-0.3, -0.25) is 10.2 Å². The minimum absolute atomic E-state index is 0.0892. The van der Waals surface area contributed by atoms with Crippen LogP contribution < -0.4 is 10.6 Å². The molecule has 1 saturated heterocycles. The molecule has 8 aromatic rings. The molecule has 53 heavy (non-hydrogen) atoms. The van der Waals surface area contributed by atoms with Crippen molar-refractivity contribution < 1.29 is 0 Å². The molecule has 11 rings (SSSR count). The fourth-order valence-electron chi connectivity index (χ4n) is 8.75. The molecular formula is C48H37N5. The zero-order valence-corrected chi connectivity index (χ0v) is 29.2. The molecule has 3 aliphatic heterocycles. The number of amidine groups is 1. The zero-order valence-electron chi connectivity index (χ0n) is 29.2. The molecule has 4 heterocycles. The van der Waals surface area contributed by atoms with E-state index in [1.807, 2.05) is 0 Å². The first kappa shape index (κ1) is 30.4. The van der Waals surface area contributed by atoms with Gasteiger partial charge in [0.1, 0.15) is 23.8 Å². The molecule has 0 saturated carbocycles. The van der Waals surface area contributed by atoms with E-state index in [-0.39, 0.29) is 18.0 Å². The number of aromatic nitrogens is 1. The summed E-state index contributed by atoms with van der Waals surface area (Å²) in [7, 11) is 0. The number of fused-ring (bicyclic) bond motifs is 6. The Kier molecular flexibility index (Phi) is 6.81. The third-order valence-electron chi connectivity index (χ3n) is 11.4. The van der Waals surface area contributed by atoms with Gasteiger partial charge in [0.15, 0.2) is 0 Å². The predicted octanol–water partition coefficient (Wildman–Crippen LogP) is 9.85. The first-order valence-electron chi connectivity index (χ1n) is 18.5. The van der Waals surface area contributed by atoms with Crippen LogP contribution in [0, 0.1) is 0 Å². The molecule has 7 aromatic carbocycles. The van der Waals surface area contributed by atoms with Gasteiger partial charge in [-0.15, -0.1) is 0 Å². The Hall–Kier alpha value is -6.27. The Bertz CT molecular complexity index is 2730. The molecule has 0 radical (unpaired) electrons. The molecule has 2 N–H and O–H groups in total. The van der Waals surface area contributed by atoms with Crippen LogP contribution >= 0.6 is 0 Å². The van der Waals surface area contributed by atoms with E-state index in [0.29, 0.717) is 0 Å². The normalized spacial score (nSPS) is 22.0. The van der Waals surface area contributed by atoms with Crippen molar-refractivity contribution in [2.45, 2.75) is 18.0 Å². The van der Waals surface area contributed by atoms with Crippen LogP contribution in [0.15, 0.2) is 186 Å². The van der Waals surface area contributed by atoms with Crippen LogP contribution in [0.1, 0.15) is 17.3 Å². The zero-order chi connectivity index (χ0) is 34.9. The van der Waals surface area contributed by atoms with Crippen LogP contribution in [0.25, 0.3) is 54.8 Å². The lowest BCUT2D eigenvalue weighted by atomic mass is 10.0. The molecule has 1 fully saturated rings. The SMILES string of the molecule is C1=C(C2NC(c3ccc(-c4ccccc4)cc3)=NC(c3ccc(-c4ccccc4)cc3)N2)CN2CC12n1c2ccccc2c2c3ccccc3ccc21. The average Bonchev–Trinajstić information content (AvgIpc) is 3.61. The number of hydrogen-bond donors (Lipinski definition) is 2. The summed E-state index contributed by atoms with van der Waals surface area (Å²) in [6, 6.07) is 61.0. The van der Waals surface area contributed by atoms with E-state index in [9.17, 15) is 0 Å². The van der Waals surface area contributed by atoms with Crippen LogP contribution in [0.4, 0.5) is 0 Å². The van der Waals surface area contributed by atoms with Gasteiger partial charge in [0.05, 0.1) is 11.0 Å². The molecule has 3 aliphatic rings. The second-order valence-electron chi connectivity index (χ2n) is 14.5. The second kappa shape index (κ2) is 11.9. The molecule has 1 aromatic heterocycles. The highest BCUT2D eigenvalue weighted by molar-refractivity contribution is 6.20. The first-order chi connectivity index (χ1) is 26.2. The van der Waals surface area contributed by atoms with Crippen LogP contribution in [0.3, 0.4) is 0 Å². The van der Waals surface area contributed by atoms with Crippen LogP contribution in [0.5, 0.6) is 0 Å². The third kappa shape index (κ3) is 4.96. The number of hydrogen-bond acceptors (Lipinski definition) is 4. The van der Waals surface area contributed by atoms with Gasteiger partial charge in [-0.2, -0.15) is 0 Å². The quantitative estimate of drug-likeness (QED) is 0.136. The topological polar surface area (TPSA) is 44.4 Å². The van der Waals surface area contributed by atoms with E-state index in [2.05, 4.69) is 196 Å². The maximum Gasteiger partial charge on any atom is 0.131 e. The molecule has 0 bridgehead atoms. The number of nitrogens with one attached hydrogen (secondary N) is 2. The van der Waals surface area contributed by atoms with Crippen molar-refractivity contribution >= 4 is 38.4 Å². The van der Waals surface area contributed by atoms with Crippen molar-refractivity contribution in [1.29, 1.82) is 0 Å². The largest absolute Gasteiger partial charge is 0.351 e. The van der Waals surface area contributed by atoms with Crippen molar-refractivity contribution in [1.82, 2.24) is 20.1 Å². The number of benzene rings is 7. The summed E-state index contributed by atoms with van der Waals surface area (Å²) in [6.07, 6.45) is 2.22. The van der Waals surface area contributed by atoms with E-state index in [1.54, 1.807) is 0 Å². The molecule has 0 spiro atoms. The summed E-state index contributed by atoms with van der Waals surface area (Å²) < 4.78 is 2.59. The number of rotatable bonds is 6. The first-order valence-corrected chi connectivity index (χ1v) is 18.5. The standard InChI is InChI=1S/C48H37N5/c1-3-11-32(12-4-1)34-19-23-37(24-20-34)45-49-46(38-25-21-35(22-26-38)33-13-5-2-6-14-33)51-47(50-45)39-29-48(31-52(48)30-39)53-42-18-10-9-17-41(42)44-40-16-8-7-15-36(40)27-28-43(44)53/h1-29,45,47,50H,30-31H2,(H,49,51). The molecule has 0 amide bonds. The molecule has 4 atom stereocenters. The number of nitrogens with zero attached hydrogens (tertiary/aromatic N) is 3. The lowest BCUT2D eigenvalue weighted by Crippen LogP contribution is -2.52. The summed E-state index contributed by atoms with van der Waals surface area (Å²) in [5.74, 6) is 0.902. The van der Waals surface area contributed by atoms with Gasteiger partial charge in [-0.1, -0.05) is 158 Å². The Morgan fingerprint density at radius 3 is 1.89 bits per heavy atom. The van der Waals surface area contributed by atoms with Gasteiger partial charge < -0.3 is 9.88 Å². The van der Waals surface area contributed by atoms with Gasteiger partial charge in [-0.25, -0.2) is 4.99 Å². The van der Waals surface area contributed by atoms with Crippen LogP contribution in [-0.2, 0) is 5.66 Å². The summed E-state index contributed by atoms with van der Waals surface area (Å²) in [5, 5.41) is 13.0. The highest BCUT2D eigenvalue weighted by atomic mass is 15.5. The van der Waals surface area contributed by atoms with Crippen molar-refractivity contribution in [2.75, 3.05) is 13.1 Å². The van der Waals surface area contributed by atoms with Gasteiger partial charge in [0.25, 0.3) is 0 Å². The van der Waals surface area contributed by atoms with E-state index in [1.165, 1.54) is 60.4 Å². The minimum atomic E-state index is -0.210. The number of para-hydroxylation sites is 1. The fourth-order valence-corrected chi connectivity index (χ4v) is 8.75. The molecular weight excluding hydrogens is 647 g/mol. The lowest BCUT2D eigenvalue weighted by molar-refractivity contribution is 0.412. The Balaban J connectivity index is 0.985. The molecule has 5 nitrogen and oxygen atoms in total. The maximum absolute atomic E-state index is 5.31. The van der Waals surface area contributed by atoms with Crippen molar-refractivity contribution in [3.8, 4) is 22.3 Å². The molecule has 254 valence electrons. The molecule has 0 aliphatic carbocycles. The van der Waals surface area contributed by atoms with E-state index < -0.39 is 0 Å². The van der Waals surface area contributed by atoms with E-state index in [0.717, 1.165) is 30.1 Å². The van der Waals surface area contributed by atoms with E-state index >= 15 is 0 Å².